The van der Waals surface area contributed by atoms with Crippen LogP contribution in [0.4, 0.5) is 0 Å². The van der Waals surface area contributed by atoms with E-state index in [4.69, 9.17) is 9.47 Å². The van der Waals surface area contributed by atoms with Crippen molar-refractivity contribution in [3.8, 4) is 16.9 Å². The van der Waals surface area contributed by atoms with E-state index in [-0.39, 0.29) is 12.1 Å². The van der Waals surface area contributed by atoms with Crippen molar-refractivity contribution in [3.05, 3.63) is 95.6 Å². The van der Waals surface area contributed by atoms with Crippen LogP contribution in [-0.4, -0.2) is 18.0 Å². The fraction of sp³-hybridized carbons (Fsp3) is 0.436. The van der Waals surface area contributed by atoms with E-state index < -0.39 is 5.97 Å². The van der Waals surface area contributed by atoms with Crippen molar-refractivity contribution < 1.29 is 19.1 Å². The summed E-state index contributed by atoms with van der Waals surface area (Å²) in [6.45, 7) is 5.93. The van der Waals surface area contributed by atoms with E-state index in [1.807, 2.05) is 38.1 Å². The van der Waals surface area contributed by atoms with Gasteiger partial charge in [-0.25, -0.2) is 9.59 Å². The molecule has 0 bridgehead atoms. The van der Waals surface area contributed by atoms with E-state index >= 15 is 0 Å². The number of aryl methyl sites for hydroxylation is 1. The van der Waals surface area contributed by atoms with Gasteiger partial charge in [0.1, 0.15) is 5.75 Å². The normalized spacial score (nSPS) is 11.3. The molecule has 0 aliphatic rings. The summed E-state index contributed by atoms with van der Waals surface area (Å²) in [6, 6.07) is 23.0. The molecule has 0 atom stereocenters. The summed E-state index contributed by atoms with van der Waals surface area (Å²) < 4.78 is 10.7. The molecule has 0 heterocycles. The Morgan fingerprint density at radius 3 is 1.70 bits per heavy atom. The van der Waals surface area contributed by atoms with Crippen LogP contribution < -0.4 is 4.74 Å². The zero-order valence-corrected chi connectivity index (χ0v) is 26.5. The summed E-state index contributed by atoms with van der Waals surface area (Å²) in [4.78, 5) is 24.4. The lowest BCUT2D eigenvalue weighted by molar-refractivity contribution is -0.128. The summed E-state index contributed by atoms with van der Waals surface area (Å²) in [6.07, 6.45) is 20.6. The summed E-state index contributed by atoms with van der Waals surface area (Å²) in [5, 5.41) is 0. The smallest absolute Gasteiger partial charge is 0.338 e. The molecule has 0 N–H and O–H groups in total. The molecule has 3 aromatic rings. The first-order chi connectivity index (χ1) is 20.9. The second-order valence-corrected chi connectivity index (χ2v) is 11.7. The Bertz CT molecular complexity index is 1240. The van der Waals surface area contributed by atoms with Crippen molar-refractivity contribution in [2.75, 3.05) is 0 Å². The highest BCUT2D eigenvalue weighted by atomic mass is 16.5. The van der Waals surface area contributed by atoms with Crippen LogP contribution in [0.15, 0.2) is 78.9 Å². The largest absolute Gasteiger partial charge is 0.459 e. The second-order valence-electron chi connectivity index (χ2n) is 11.7. The van der Waals surface area contributed by atoms with Crippen LogP contribution in [-0.2, 0) is 16.0 Å². The van der Waals surface area contributed by atoms with Crippen LogP contribution in [0.3, 0.4) is 0 Å². The van der Waals surface area contributed by atoms with Crippen LogP contribution in [0.5, 0.6) is 5.75 Å². The number of ether oxygens (including phenoxy) is 2. The van der Waals surface area contributed by atoms with E-state index in [1.54, 1.807) is 30.3 Å². The average Bonchev–Trinajstić information content (AvgIpc) is 3.01. The standard InChI is InChI=1S/C39H50O4/c1-4-5-6-7-8-9-10-11-12-13-14-15-16-32-17-19-33(20-18-32)21-30-38(40)43-37-28-26-35(27-29-37)34-22-24-36(25-23-34)39(41)42-31(2)3/h17-31H,4-16H2,1-3H3/b30-21+. The number of rotatable bonds is 19. The Kier molecular flexibility index (Phi) is 15.4. The lowest BCUT2D eigenvalue weighted by Gasteiger charge is -2.09. The van der Waals surface area contributed by atoms with Crippen LogP contribution in [0, 0.1) is 0 Å². The number of benzene rings is 3. The summed E-state index contributed by atoms with van der Waals surface area (Å²) >= 11 is 0. The first-order valence-electron chi connectivity index (χ1n) is 16.3. The SMILES string of the molecule is CCCCCCCCCCCCCCc1ccc(/C=C/C(=O)Oc2ccc(-c3ccc(C(=O)OC(C)C)cc3)cc2)cc1. The highest BCUT2D eigenvalue weighted by Crippen LogP contribution is 2.23. The predicted molar refractivity (Wildman–Crippen MR) is 178 cm³/mol. The van der Waals surface area contributed by atoms with Gasteiger partial charge < -0.3 is 9.47 Å². The lowest BCUT2D eigenvalue weighted by Crippen LogP contribution is -2.11. The van der Waals surface area contributed by atoms with Crippen LogP contribution in [0.1, 0.15) is 119 Å². The van der Waals surface area contributed by atoms with E-state index in [0.29, 0.717) is 11.3 Å². The Morgan fingerprint density at radius 2 is 1.16 bits per heavy atom. The highest BCUT2D eigenvalue weighted by molar-refractivity contribution is 5.90. The molecule has 0 unspecified atom stereocenters. The van der Waals surface area contributed by atoms with Gasteiger partial charge >= 0.3 is 11.9 Å². The van der Waals surface area contributed by atoms with Crippen LogP contribution >= 0.6 is 0 Å². The zero-order valence-electron chi connectivity index (χ0n) is 26.5. The van der Waals surface area contributed by atoms with Crippen LogP contribution in [0.25, 0.3) is 17.2 Å². The van der Waals surface area contributed by atoms with E-state index in [9.17, 15) is 9.59 Å². The number of carbonyl (C=O) groups is 2. The van der Waals surface area contributed by atoms with E-state index in [2.05, 4.69) is 31.2 Å². The van der Waals surface area contributed by atoms with Gasteiger partial charge in [-0.15, -0.1) is 0 Å². The van der Waals surface area contributed by atoms with Gasteiger partial charge in [0.25, 0.3) is 0 Å². The third-order valence-electron chi connectivity index (χ3n) is 7.58. The summed E-state index contributed by atoms with van der Waals surface area (Å²) in [5.74, 6) is -0.266. The molecule has 230 valence electrons. The molecule has 0 aliphatic heterocycles. The number of carbonyl (C=O) groups excluding carboxylic acids is 2. The number of unbranched alkanes of at least 4 members (excludes halogenated alkanes) is 11. The van der Waals surface area contributed by atoms with Crippen molar-refractivity contribution in [1.29, 1.82) is 0 Å². The maximum Gasteiger partial charge on any atom is 0.338 e. The fourth-order valence-electron chi connectivity index (χ4n) is 5.08. The molecule has 4 nitrogen and oxygen atoms in total. The Hall–Kier alpha value is -3.66. The number of hydrogen-bond donors (Lipinski definition) is 0. The maximum atomic E-state index is 12.4. The lowest BCUT2D eigenvalue weighted by atomic mass is 10.0. The molecule has 4 heteroatoms. The van der Waals surface area contributed by atoms with Gasteiger partial charge in [-0.05, 0) is 79.3 Å². The predicted octanol–water partition coefficient (Wildman–Crippen LogP) is 10.8. The van der Waals surface area contributed by atoms with Crippen molar-refractivity contribution in [2.45, 2.75) is 110 Å². The number of hydrogen-bond acceptors (Lipinski definition) is 4. The average molecular weight is 583 g/mol. The molecule has 0 aliphatic carbocycles. The molecule has 0 spiro atoms. The first kappa shape index (κ1) is 33.8. The molecule has 3 rings (SSSR count). The molecular formula is C39H50O4. The van der Waals surface area contributed by atoms with Crippen LogP contribution in [0.2, 0.25) is 0 Å². The van der Waals surface area contributed by atoms with E-state index in [1.165, 1.54) is 88.7 Å². The van der Waals surface area contributed by atoms with Crippen molar-refractivity contribution in [3.63, 3.8) is 0 Å². The monoisotopic (exact) mass is 582 g/mol. The van der Waals surface area contributed by atoms with Gasteiger partial charge in [-0.3, -0.25) is 0 Å². The molecule has 0 aromatic heterocycles. The molecular weight excluding hydrogens is 532 g/mol. The topological polar surface area (TPSA) is 52.6 Å². The first-order valence-corrected chi connectivity index (χ1v) is 16.3. The molecule has 0 saturated carbocycles. The van der Waals surface area contributed by atoms with Gasteiger partial charge in [0.05, 0.1) is 11.7 Å². The Labute approximate surface area is 259 Å². The van der Waals surface area contributed by atoms with E-state index in [0.717, 1.165) is 23.1 Å². The third kappa shape index (κ3) is 13.5. The zero-order chi connectivity index (χ0) is 30.7. The molecule has 0 radical (unpaired) electrons. The van der Waals surface area contributed by atoms with Gasteiger partial charge in [-0.2, -0.15) is 0 Å². The minimum atomic E-state index is -0.415. The molecule has 0 amide bonds. The molecule has 0 saturated heterocycles. The van der Waals surface area contributed by atoms with Crippen molar-refractivity contribution in [2.24, 2.45) is 0 Å². The van der Waals surface area contributed by atoms with Crippen molar-refractivity contribution >= 4 is 18.0 Å². The highest BCUT2D eigenvalue weighted by Gasteiger charge is 2.09. The minimum absolute atomic E-state index is 0.156. The Balaban J connectivity index is 1.33. The molecule has 3 aromatic carbocycles. The van der Waals surface area contributed by atoms with Gasteiger partial charge in [-0.1, -0.05) is 126 Å². The fourth-order valence-corrected chi connectivity index (χ4v) is 5.08. The third-order valence-corrected chi connectivity index (χ3v) is 7.58. The summed E-state index contributed by atoms with van der Waals surface area (Å²) in [7, 11) is 0. The Morgan fingerprint density at radius 1 is 0.651 bits per heavy atom. The number of esters is 2. The summed E-state index contributed by atoms with van der Waals surface area (Å²) in [5.41, 5.74) is 4.76. The van der Waals surface area contributed by atoms with Gasteiger partial charge in [0.2, 0.25) is 0 Å². The quantitative estimate of drug-likeness (QED) is 0.0610. The van der Waals surface area contributed by atoms with Gasteiger partial charge in [0, 0.05) is 6.08 Å². The minimum Gasteiger partial charge on any atom is -0.459 e. The van der Waals surface area contributed by atoms with Crippen molar-refractivity contribution in [1.82, 2.24) is 0 Å². The molecule has 43 heavy (non-hydrogen) atoms. The second kappa shape index (κ2) is 19.5. The molecule has 0 fully saturated rings. The van der Waals surface area contributed by atoms with Gasteiger partial charge in [0.15, 0.2) is 0 Å². The maximum absolute atomic E-state index is 12.4.